The van der Waals surface area contributed by atoms with Gasteiger partial charge in [-0.05, 0) is 6.92 Å². The summed E-state index contributed by atoms with van der Waals surface area (Å²) in [5.41, 5.74) is 3.64. The lowest BCUT2D eigenvalue weighted by molar-refractivity contribution is -0.118. The molecule has 5 N–H and O–H groups in total. The molecular formula is C7H11N5O3. The topological polar surface area (TPSA) is 134 Å². The van der Waals surface area contributed by atoms with E-state index < -0.39 is 17.2 Å². The van der Waals surface area contributed by atoms with Gasteiger partial charge in [0.15, 0.2) is 0 Å². The van der Waals surface area contributed by atoms with Crippen LogP contribution in [0.4, 0.5) is 5.82 Å². The Hall–Kier alpha value is -2.12. The molecule has 1 rings (SSSR count). The summed E-state index contributed by atoms with van der Waals surface area (Å²) in [6.45, 7) is 1.66. The minimum atomic E-state index is -0.687. The Morgan fingerprint density at radius 1 is 1.60 bits per heavy atom. The van der Waals surface area contributed by atoms with Crippen LogP contribution in [0.5, 0.6) is 0 Å². The van der Waals surface area contributed by atoms with Crippen molar-refractivity contribution in [3.05, 3.63) is 20.8 Å². The fourth-order valence-electron chi connectivity index (χ4n) is 1.03. The van der Waals surface area contributed by atoms with Crippen LogP contribution >= 0.6 is 0 Å². The van der Waals surface area contributed by atoms with Gasteiger partial charge in [0.25, 0.3) is 5.56 Å². The smallest absolute Gasteiger partial charge is 0.342 e. The maximum Gasteiger partial charge on any atom is 0.342 e. The first-order chi connectivity index (χ1) is 6.99. The van der Waals surface area contributed by atoms with Crippen LogP contribution in [0, 0.1) is 0 Å². The van der Waals surface area contributed by atoms with Crippen LogP contribution in [-0.2, 0) is 4.79 Å². The van der Waals surface area contributed by atoms with Gasteiger partial charge < -0.3 is 11.1 Å². The number of primary amides is 1. The highest BCUT2D eigenvalue weighted by molar-refractivity contribution is 5.74. The Kier molecular flexibility index (Phi) is 3.21. The van der Waals surface area contributed by atoms with E-state index in [0.29, 0.717) is 0 Å². The number of carbonyl (C=O) groups excluding carboxylic acids is 1. The van der Waals surface area contributed by atoms with E-state index in [1.54, 1.807) is 6.92 Å². The normalized spacial score (nSPS) is 12.1. The number of aromatic amines is 2. The van der Waals surface area contributed by atoms with E-state index >= 15 is 0 Å². The van der Waals surface area contributed by atoms with E-state index in [2.05, 4.69) is 15.5 Å². The molecule has 1 atom stereocenters. The summed E-state index contributed by atoms with van der Waals surface area (Å²) in [5, 5.41) is 8.18. The molecular weight excluding hydrogens is 202 g/mol. The number of nitrogens with two attached hydrogens (primary N) is 1. The van der Waals surface area contributed by atoms with Crippen LogP contribution in [0.3, 0.4) is 0 Å². The quantitative estimate of drug-likeness (QED) is 0.465. The van der Waals surface area contributed by atoms with Gasteiger partial charge in [0, 0.05) is 12.5 Å². The average Bonchev–Trinajstić information content (AvgIpc) is 2.08. The second-order valence-corrected chi connectivity index (χ2v) is 3.07. The van der Waals surface area contributed by atoms with Crippen molar-refractivity contribution in [3.8, 4) is 0 Å². The van der Waals surface area contributed by atoms with Gasteiger partial charge in [-0.1, -0.05) is 0 Å². The Bertz CT molecular complexity index is 462. The van der Waals surface area contributed by atoms with Crippen LogP contribution in [-0.4, -0.2) is 27.1 Å². The number of hydrogen-bond donors (Lipinski definition) is 4. The Labute approximate surface area is 83.9 Å². The van der Waals surface area contributed by atoms with E-state index in [0.717, 1.165) is 0 Å². The van der Waals surface area contributed by atoms with E-state index in [1.807, 2.05) is 4.98 Å². The monoisotopic (exact) mass is 213 g/mol. The van der Waals surface area contributed by atoms with Crippen molar-refractivity contribution in [3.63, 3.8) is 0 Å². The zero-order chi connectivity index (χ0) is 11.4. The van der Waals surface area contributed by atoms with Crippen molar-refractivity contribution in [2.45, 2.75) is 19.4 Å². The first-order valence-corrected chi connectivity index (χ1v) is 4.23. The Morgan fingerprint density at radius 3 is 2.80 bits per heavy atom. The van der Waals surface area contributed by atoms with Gasteiger partial charge in [0.05, 0.1) is 0 Å². The van der Waals surface area contributed by atoms with Crippen LogP contribution in [0.15, 0.2) is 9.59 Å². The lowest BCUT2D eigenvalue weighted by Crippen LogP contribution is -2.31. The highest BCUT2D eigenvalue weighted by Gasteiger charge is 2.09. The fourth-order valence-corrected chi connectivity index (χ4v) is 1.03. The predicted molar refractivity (Wildman–Crippen MR) is 52.4 cm³/mol. The maximum absolute atomic E-state index is 11.1. The third-order valence-corrected chi connectivity index (χ3v) is 1.60. The number of amides is 1. The van der Waals surface area contributed by atoms with Crippen LogP contribution < -0.4 is 22.3 Å². The molecule has 0 saturated heterocycles. The molecule has 0 aromatic carbocycles. The van der Waals surface area contributed by atoms with Crippen molar-refractivity contribution in [1.82, 2.24) is 15.2 Å². The standard InChI is InChI=1S/C7H11N5O3/c1-3(2-4(8)13)9-5-6(14)10-7(15)12-11-5/h3H,2H2,1H3,(H2,8,13)(H,9,11)(H2,10,12,14,15). The molecule has 0 saturated carbocycles. The largest absolute Gasteiger partial charge is 0.370 e. The first-order valence-electron chi connectivity index (χ1n) is 4.23. The number of nitrogens with one attached hydrogen (secondary N) is 3. The molecule has 0 fully saturated rings. The molecule has 8 heteroatoms. The molecule has 0 aliphatic rings. The number of aromatic nitrogens is 3. The van der Waals surface area contributed by atoms with Gasteiger partial charge in [-0.3, -0.25) is 14.6 Å². The molecule has 1 heterocycles. The second-order valence-electron chi connectivity index (χ2n) is 3.07. The summed E-state index contributed by atoms with van der Waals surface area (Å²) in [5.74, 6) is -0.542. The summed E-state index contributed by atoms with van der Waals surface area (Å²) in [6, 6.07) is -0.331. The summed E-state index contributed by atoms with van der Waals surface area (Å²) >= 11 is 0. The van der Waals surface area contributed by atoms with Crippen molar-refractivity contribution < 1.29 is 4.79 Å². The van der Waals surface area contributed by atoms with Gasteiger partial charge in [-0.25, -0.2) is 9.89 Å². The van der Waals surface area contributed by atoms with Gasteiger partial charge in [-0.15, -0.1) is 5.10 Å². The number of rotatable bonds is 4. The number of hydrogen-bond acceptors (Lipinski definition) is 5. The molecule has 1 aromatic heterocycles. The Morgan fingerprint density at radius 2 is 2.27 bits per heavy atom. The van der Waals surface area contributed by atoms with Gasteiger partial charge in [0.2, 0.25) is 11.7 Å². The summed E-state index contributed by atoms with van der Waals surface area (Å²) in [7, 11) is 0. The first kappa shape index (κ1) is 11.0. The molecule has 82 valence electrons. The number of anilines is 1. The fraction of sp³-hybridized carbons (Fsp3) is 0.429. The van der Waals surface area contributed by atoms with Gasteiger partial charge in [0.1, 0.15) is 0 Å². The van der Waals surface area contributed by atoms with Crippen LogP contribution in [0.1, 0.15) is 13.3 Å². The average molecular weight is 213 g/mol. The molecule has 0 bridgehead atoms. The van der Waals surface area contributed by atoms with E-state index in [1.165, 1.54) is 0 Å². The minimum absolute atomic E-state index is 0.0525. The third-order valence-electron chi connectivity index (χ3n) is 1.60. The maximum atomic E-state index is 11.1. The molecule has 0 aliphatic heterocycles. The molecule has 1 aromatic rings. The van der Waals surface area contributed by atoms with Gasteiger partial charge >= 0.3 is 5.69 Å². The zero-order valence-corrected chi connectivity index (χ0v) is 8.03. The van der Waals surface area contributed by atoms with Crippen molar-refractivity contribution in [2.75, 3.05) is 5.32 Å². The number of nitrogens with zero attached hydrogens (tertiary/aromatic N) is 1. The minimum Gasteiger partial charge on any atom is -0.370 e. The third kappa shape index (κ3) is 3.25. The summed E-state index contributed by atoms with van der Waals surface area (Å²) in [4.78, 5) is 34.3. The molecule has 0 spiro atoms. The molecule has 8 nitrogen and oxygen atoms in total. The predicted octanol–water partition coefficient (Wildman–Crippen LogP) is -1.87. The number of H-pyrrole nitrogens is 2. The van der Waals surface area contributed by atoms with E-state index in [-0.39, 0.29) is 18.3 Å². The lowest BCUT2D eigenvalue weighted by atomic mass is 10.2. The number of carbonyl (C=O) groups is 1. The molecule has 1 amide bonds. The molecule has 0 radical (unpaired) electrons. The highest BCUT2D eigenvalue weighted by atomic mass is 16.2. The SMILES string of the molecule is CC(CC(N)=O)Nc1n[nH]c(=O)[nH]c1=O. The Balaban J connectivity index is 2.77. The van der Waals surface area contributed by atoms with Crippen molar-refractivity contribution >= 4 is 11.7 Å². The summed E-state index contributed by atoms with van der Waals surface area (Å²) < 4.78 is 0. The molecule has 15 heavy (non-hydrogen) atoms. The summed E-state index contributed by atoms with van der Waals surface area (Å²) in [6.07, 6.45) is 0.0697. The van der Waals surface area contributed by atoms with Crippen molar-refractivity contribution in [1.29, 1.82) is 0 Å². The van der Waals surface area contributed by atoms with E-state index in [4.69, 9.17) is 5.73 Å². The molecule has 1 unspecified atom stereocenters. The highest BCUT2D eigenvalue weighted by Crippen LogP contribution is 1.96. The second kappa shape index (κ2) is 4.40. The van der Waals surface area contributed by atoms with E-state index in [9.17, 15) is 14.4 Å². The van der Waals surface area contributed by atoms with Gasteiger partial charge in [-0.2, -0.15) is 0 Å². The van der Waals surface area contributed by atoms with Crippen LogP contribution in [0.25, 0.3) is 0 Å². The zero-order valence-electron chi connectivity index (χ0n) is 8.03. The lowest BCUT2D eigenvalue weighted by Gasteiger charge is -2.10. The van der Waals surface area contributed by atoms with Crippen molar-refractivity contribution in [2.24, 2.45) is 5.73 Å². The molecule has 0 aliphatic carbocycles. The van der Waals surface area contributed by atoms with Crippen LogP contribution in [0.2, 0.25) is 0 Å².